The molecule has 0 spiro atoms. The van der Waals surface area contributed by atoms with Crippen molar-refractivity contribution < 1.29 is 0 Å². The summed E-state index contributed by atoms with van der Waals surface area (Å²) in [4.78, 5) is 2.63. The summed E-state index contributed by atoms with van der Waals surface area (Å²) in [6.45, 7) is 3.57. The van der Waals surface area contributed by atoms with E-state index in [1.165, 1.54) is 24.9 Å². The maximum Gasteiger partial charge on any atom is 0.0355 e. The minimum absolute atomic E-state index is 0.742. The molecule has 1 nitrogen and oxygen atoms in total. The molecule has 68 valence electrons. The van der Waals surface area contributed by atoms with Crippen LogP contribution in [0, 0.1) is 6.92 Å². The Morgan fingerprint density at radius 3 is 2.69 bits per heavy atom. The Labute approximate surface area is 79.4 Å². The van der Waals surface area contributed by atoms with E-state index in [0.29, 0.717) is 0 Å². The highest BCUT2D eigenvalue weighted by Gasteiger charge is 2.45. The van der Waals surface area contributed by atoms with E-state index < -0.39 is 0 Å². The van der Waals surface area contributed by atoms with Crippen LogP contribution in [0.25, 0.3) is 0 Å². The topological polar surface area (TPSA) is 3.01 Å². The van der Waals surface area contributed by atoms with Crippen molar-refractivity contribution in [2.45, 2.75) is 31.8 Å². The predicted molar refractivity (Wildman–Crippen MR) is 53.6 cm³/mol. The first-order valence-corrected chi connectivity index (χ1v) is 5.17. The van der Waals surface area contributed by atoms with Crippen molar-refractivity contribution in [2.75, 3.05) is 6.54 Å². The molecule has 0 N–H and O–H groups in total. The molecule has 2 fully saturated rings. The van der Waals surface area contributed by atoms with E-state index >= 15 is 0 Å². The van der Waals surface area contributed by atoms with E-state index in [0.717, 1.165) is 12.1 Å². The molecule has 2 aliphatic rings. The van der Waals surface area contributed by atoms with Gasteiger partial charge in [0, 0.05) is 18.6 Å². The molecule has 0 aromatic heterocycles. The molecule has 13 heavy (non-hydrogen) atoms. The number of benzene rings is 1. The predicted octanol–water partition coefficient (Wildman–Crippen LogP) is 2.51. The number of nitrogens with zero attached hydrogens (tertiary/aromatic N) is 1. The van der Waals surface area contributed by atoms with Gasteiger partial charge in [-0.15, -0.1) is 0 Å². The summed E-state index contributed by atoms with van der Waals surface area (Å²) in [5.74, 6) is 0. The lowest BCUT2D eigenvalue weighted by atomic mass is 9.99. The third-order valence-corrected chi connectivity index (χ3v) is 3.48. The van der Waals surface area contributed by atoms with E-state index in [4.69, 9.17) is 0 Å². The van der Waals surface area contributed by atoms with E-state index in [9.17, 15) is 0 Å². The SMILES string of the molecule is Cc1ccccc1C1CCC2CN21. The zero-order chi connectivity index (χ0) is 8.84. The van der Waals surface area contributed by atoms with Crippen molar-refractivity contribution in [2.24, 2.45) is 0 Å². The van der Waals surface area contributed by atoms with Gasteiger partial charge in [-0.3, -0.25) is 4.90 Å². The van der Waals surface area contributed by atoms with Crippen LogP contribution in [0.3, 0.4) is 0 Å². The number of hydrogen-bond acceptors (Lipinski definition) is 1. The third kappa shape index (κ3) is 1.11. The Kier molecular flexibility index (Phi) is 1.50. The van der Waals surface area contributed by atoms with Crippen molar-refractivity contribution >= 4 is 0 Å². The zero-order valence-electron chi connectivity index (χ0n) is 8.03. The van der Waals surface area contributed by atoms with Crippen LogP contribution in [0.4, 0.5) is 0 Å². The largest absolute Gasteiger partial charge is 0.291 e. The normalized spacial score (nSPS) is 35.9. The van der Waals surface area contributed by atoms with Crippen molar-refractivity contribution in [3.8, 4) is 0 Å². The Bertz CT molecular complexity index is 332. The van der Waals surface area contributed by atoms with Gasteiger partial charge in [-0.2, -0.15) is 0 Å². The van der Waals surface area contributed by atoms with Crippen molar-refractivity contribution in [3.05, 3.63) is 35.4 Å². The van der Waals surface area contributed by atoms with Crippen LogP contribution in [0.15, 0.2) is 24.3 Å². The number of fused-ring (bicyclic) bond motifs is 1. The molecule has 0 saturated carbocycles. The molecule has 2 heterocycles. The van der Waals surface area contributed by atoms with Gasteiger partial charge >= 0.3 is 0 Å². The molecule has 1 heteroatoms. The lowest BCUT2D eigenvalue weighted by molar-refractivity contribution is 0.438. The number of rotatable bonds is 1. The summed E-state index contributed by atoms with van der Waals surface area (Å²) in [6.07, 6.45) is 2.79. The second-order valence-electron chi connectivity index (χ2n) is 4.30. The molecule has 0 aliphatic carbocycles. The Hall–Kier alpha value is -0.820. The quantitative estimate of drug-likeness (QED) is 0.590. The van der Waals surface area contributed by atoms with Crippen LogP contribution >= 0.6 is 0 Å². The third-order valence-electron chi connectivity index (χ3n) is 3.48. The highest BCUT2D eigenvalue weighted by molar-refractivity contribution is 5.31. The second-order valence-corrected chi connectivity index (χ2v) is 4.30. The Morgan fingerprint density at radius 1 is 1.23 bits per heavy atom. The van der Waals surface area contributed by atoms with Gasteiger partial charge in [-0.1, -0.05) is 24.3 Å². The molecule has 0 bridgehead atoms. The van der Waals surface area contributed by atoms with Crippen molar-refractivity contribution in [3.63, 3.8) is 0 Å². The van der Waals surface area contributed by atoms with Gasteiger partial charge in [-0.25, -0.2) is 0 Å². The molecule has 1 aromatic rings. The summed E-state index contributed by atoms with van der Waals surface area (Å²) < 4.78 is 0. The lowest BCUT2D eigenvalue weighted by Crippen LogP contribution is -2.06. The summed E-state index contributed by atoms with van der Waals surface area (Å²) >= 11 is 0. The fourth-order valence-electron chi connectivity index (χ4n) is 2.65. The summed E-state index contributed by atoms with van der Waals surface area (Å²) in [7, 11) is 0. The summed E-state index contributed by atoms with van der Waals surface area (Å²) in [6, 6.07) is 10.5. The molecule has 3 unspecified atom stereocenters. The highest BCUT2D eigenvalue weighted by Crippen LogP contribution is 2.45. The Morgan fingerprint density at radius 2 is 2.08 bits per heavy atom. The van der Waals surface area contributed by atoms with Crippen molar-refractivity contribution in [1.82, 2.24) is 4.90 Å². The summed E-state index contributed by atoms with van der Waals surface area (Å²) in [5, 5.41) is 0. The van der Waals surface area contributed by atoms with Crippen LogP contribution in [0.5, 0.6) is 0 Å². The molecule has 1 aromatic carbocycles. The van der Waals surface area contributed by atoms with Gasteiger partial charge < -0.3 is 0 Å². The first-order valence-electron chi connectivity index (χ1n) is 5.17. The van der Waals surface area contributed by atoms with Gasteiger partial charge in [-0.05, 0) is 30.9 Å². The average molecular weight is 173 g/mol. The first-order chi connectivity index (χ1) is 6.36. The van der Waals surface area contributed by atoms with Crippen LogP contribution in [0.1, 0.15) is 30.0 Å². The summed E-state index contributed by atoms with van der Waals surface area (Å²) in [5.41, 5.74) is 3.02. The molecular weight excluding hydrogens is 158 g/mol. The molecular formula is C12H15N. The van der Waals surface area contributed by atoms with E-state index in [2.05, 4.69) is 36.1 Å². The van der Waals surface area contributed by atoms with Crippen LogP contribution in [-0.2, 0) is 0 Å². The first kappa shape index (κ1) is 7.57. The number of aryl methyl sites for hydroxylation is 1. The number of hydrogen-bond donors (Lipinski definition) is 0. The number of piperidine rings is 1. The van der Waals surface area contributed by atoms with Crippen LogP contribution in [-0.4, -0.2) is 17.5 Å². The smallest absolute Gasteiger partial charge is 0.0355 e. The minimum atomic E-state index is 0.742. The van der Waals surface area contributed by atoms with E-state index in [1.807, 2.05) is 0 Å². The standard InChI is InChI=1S/C12H15N/c1-9-4-2-3-5-11(9)12-7-6-10-8-13(10)12/h2-5,10,12H,6-8H2,1H3. The van der Waals surface area contributed by atoms with Gasteiger partial charge in [0.1, 0.15) is 0 Å². The molecule has 2 aliphatic heterocycles. The van der Waals surface area contributed by atoms with Gasteiger partial charge in [0.2, 0.25) is 0 Å². The van der Waals surface area contributed by atoms with Crippen LogP contribution in [0.2, 0.25) is 0 Å². The monoisotopic (exact) mass is 173 g/mol. The minimum Gasteiger partial charge on any atom is -0.291 e. The average Bonchev–Trinajstić information content (AvgIpc) is 2.81. The molecule has 2 saturated heterocycles. The van der Waals surface area contributed by atoms with E-state index in [-0.39, 0.29) is 0 Å². The highest BCUT2D eigenvalue weighted by atomic mass is 15.3. The van der Waals surface area contributed by atoms with Crippen LogP contribution < -0.4 is 0 Å². The Balaban J connectivity index is 1.95. The van der Waals surface area contributed by atoms with Gasteiger partial charge in [0.05, 0.1) is 0 Å². The van der Waals surface area contributed by atoms with E-state index in [1.54, 1.807) is 5.56 Å². The fourth-order valence-corrected chi connectivity index (χ4v) is 2.65. The molecule has 0 radical (unpaired) electrons. The van der Waals surface area contributed by atoms with Gasteiger partial charge in [0.15, 0.2) is 0 Å². The van der Waals surface area contributed by atoms with Gasteiger partial charge in [0.25, 0.3) is 0 Å². The maximum atomic E-state index is 2.63. The second kappa shape index (κ2) is 2.58. The zero-order valence-corrected chi connectivity index (χ0v) is 8.03. The molecule has 3 atom stereocenters. The maximum absolute atomic E-state index is 2.63. The molecule has 3 rings (SSSR count). The molecule has 0 amide bonds. The fraction of sp³-hybridized carbons (Fsp3) is 0.500. The lowest BCUT2D eigenvalue weighted by Gasteiger charge is -2.15. The van der Waals surface area contributed by atoms with Crippen molar-refractivity contribution in [1.29, 1.82) is 0 Å².